The molecule has 1 aliphatic heterocycles. The van der Waals surface area contributed by atoms with E-state index in [-0.39, 0.29) is 0 Å². The van der Waals surface area contributed by atoms with E-state index >= 15 is 0 Å². The van der Waals surface area contributed by atoms with Gasteiger partial charge in [-0.25, -0.2) is 4.79 Å². The first kappa shape index (κ1) is 7.37. The molecule has 1 unspecified atom stereocenters. The Morgan fingerprint density at radius 1 is 1.50 bits per heavy atom. The van der Waals surface area contributed by atoms with E-state index in [4.69, 9.17) is 5.73 Å². The second-order valence-corrected chi connectivity index (χ2v) is 4.24. The Morgan fingerprint density at radius 2 is 2.25 bits per heavy atom. The monoisotopic (exact) mass is 182 g/mol. The zero-order chi connectivity index (χ0) is 8.72. The van der Waals surface area contributed by atoms with Crippen LogP contribution in [0.25, 0.3) is 0 Å². The zero-order valence-corrected chi connectivity index (χ0v) is 7.13. The van der Waals surface area contributed by atoms with Crippen molar-refractivity contribution in [1.29, 1.82) is 0 Å². The Morgan fingerprint density at radius 3 is 2.92 bits per heavy atom. The van der Waals surface area contributed by atoms with Gasteiger partial charge in [0.25, 0.3) is 0 Å². The highest BCUT2D eigenvalue weighted by atomic mass is 31.1. The van der Waals surface area contributed by atoms with Gasteiger partial charge in [-0.1, -0.05) is 12.1 Å². The average Bonchev–Trinajstić information content (AvgIpc) is 2.63. The quantitative estimate of drug-likeness (QED) is 0.609. The molecule has 0 bridgehead atoms. The third-order valence-corrected chi connectivity index (χ3v) is 3.38. The summed E-state index contributed by atoms with van der Waals surface area (Å²) in [6.45, 7) is 0. The second-order valence-electron chi connectivity index (χ2n) is 2.55. The molecule has 0 saturated carbocycles. The van der Waals surface area contributed by atoms with Crippen LogP contribution in [0.4, 0.5) is 10.5 Å². The van der Waals surface area contributed by atoms with Crippen LogP contribution in [0.2, 0.25) is 0 Å². The van der Waals surface area contributed by atoms with Gasteiger partial charge < -0.3 is 15.6 Å². The van der Waals surface area contributed by atoms with Crippen molar-refractivity contribution in [3.63, 3.8) is 0 Å². The zero-order valence-electron chi connectivity index (χ0n) is 6.13. The van der Waals surface area contributed by atoms with Crippen molar-refractivity contribution in [1.82, 2.24) is 0 Å². The van der Waals surface area contributed by atoms with Gasteiger partial charge in [0.2, 0.25) is 0 Å². The summed E-state index contributed by atoms with van der Waals surface area (Å²) in [5, 5.41) is 4.04. The van der Waals surface area contributed by atoms with Gasteiger partial charge in [0.15, 0.2) is 0 Å². The predicted molar refractivity (Wildman–Crippen MR) is 47.9 cm³/mol. The maximum Gasteiger partial charge on any atom is 0.316 e. The second kappa shape index (κ2) is 2.35. The van der Waals surface area contributed by atoms with Crippen molar-refractivity contribution in [2.24, 2.45) is 5.73 Å². The Balaban J connectivity index is 2.37. The molecule has 4 nitrogen and oxygen atoms in total. The molecular formula is C7H7N2O2P. The molecule has 0 aromatic heterocycles. The number of anilines is 1. The third-order valence-electron chi connectivity index (χ3n) is 1.73. The minimum atomic E-state index is -1.68. The number of nitrogens with two attached hydrogens (primary N) is 1. The minimum Gasteiger partial charge on any atom is -0.351 e. The summed E-state index contributed by atoms with van der Waals surface area (Å²) < 4.78 is 11.1. The smallest absolute Gasteiger partial charge is 0.316 e. The molecule has 0 spiro atoms. The predicted octanol–water partition coefficient (Wildman–Crippen LogP) is 0.00110. The van der Waals surface area contributed by atoms with Crippen molar-refractivity contribution < 1.29 is 9.36 Å². The van der Waals surface area contributed by atoms with Crippen LogP contribution in [-0.2, 0) is 4.57 Å². The van der Waals surface area contributed by atoms with Crippen molar-refractivity contribution in [3.05, 3.63) is 18.2 Å². The van der Waals surface area contributed by atoms with Gasteiger partial charge in [0, 0.05) is 10.6 Å². The Labute approximate surface area is 69.5 Å². The van der Waals surface area contributed by atoms with E-state index in [9.17, 15) is 9.36 Å². The van der Waals surface area contributed by atoms with E-state index < -0.39 is 13.8 Å². The molecule has 0 aliphatic carbocycles. The number of benzene rings is 1. The molecule has 2 rings (SSSR count). The lowest BCUT2D eigenvalue weighted by atomic mass is 10.3. The largest absolute Gasteiger partial charge is 0.351 e. The Hall–Kier alpha value is -1.28. The Kier molecular flexibility index (Phi) is 1.45. The summed E-state index contributed by atoms with van der Waals surface area (Å²) in [6.07, 6.45) is 0. The van der Waals surface area contributed by atoms with E-state index in [1.807, 2.05) is 0 Å². The first-order valence-corrected chi connectivity index (χ1v) is 4.85. The molecule has 0 saturated heterocycles. The highest BCUT2D eigenvalue weighted by Crippen LogP contribution is 2.36. The molecule has 3 N–H and O–H groups in total. The lowest BCUT2D eigenvalue weighted by Crippen LogP contribution is -2.21. The van der Waals surface area contributed by atoms with Gasteiger partial charge in [0.05, 0.1) is 5.69 Å². The topological polar surface area (TPSA) is 72.2 Å². The van der Waals surface area contributed by atoms with Gasteiger partial charge in [-0.2, -0.15) is 0 Å². The number of carbonyl (C=O) groups excluding carboxylic acids is 1. The summed E-state index contributed by atoms with van der Waals surface area (Å²) in [5.41, 5.74) is 5.51. The van der Waals surface area contributed by atoms with Gasteiger partial charge in [-0.15, -0.1) is 0 Å². The van der Waals surface area contributed by atoms with Crippen LogP contribution in [0.5, 0.6) is 0 Å². The van der Waals surface area contributed by atoms with Crippen molar-refractivity contribution in [2.45, 2.75) is 0 Å². The highest BCUT2D eigenvalue weighted by Gasteiger charge is 2.30. The van der Waals surface area contributed by atoms with Crippen LogP contribution in [0.1, 0.15) is 0 Å². The number of carbonyl (C=O) groups is 1. The fraction of sp³-hybridized carbons (Fsp3) is 0. The van der Waals surface area contributed by atoms with Crippen LogP contribution in [0.3, 0.4) is 0 Å². The van der Waals surface area contributed by atoms with E-state index in [0.717, 1.165) is 10.6 Å². The van der Waals surface area contributed by atoms with Crippen LogP contribution in [0.15, 0.2) is 18.2 Å². The first-order chi connectivity index (χ1) is 5.70. The number of hydrogen-bond acceptors (Lipinski definition) is 2. The molecule has 0 fully saturated rings. The normalized spacial score (nSPS) is 18.2. The van der Waals surface area contributed by atoms with E-state index in [2.05, 4.69) is 5.32 Å². The molecular weight excluding hydrogens is 175 g/mol. The van der Waals surface area contributed by atoms with Gasteiger partial charge in [-0.05, 0) is 6.07 Å². The number of primary amides is 1. The molecule has 1 atom stereocenters. The number of amides is 2. The first-order valence-electron chi connectivity index (χ1n) is 3.44. The summed E-state index contributed by atoms with van der Waals surface area (Å²) >= 11 is 0. The molecule has 2 amide bonds. The van der Waals surface area contributed by atoms with Gasteiger partial charge in [-0.3, -0.25) is 0 Å². The van der Waals surface area contributed by atoms with Crippen LogP contribution >= 0.6 is 7.80 Å². The number of fused-ring (bicyclic) bond motifs is 1. The fourth-order valence-corrected chi connectivity index (χ4v) is 2.55. The molecule has 0 radical (unpaired) electrons. The molecule has 62 valence electrons. The molecule has 1 aliphatic rings. The molecule has 1 heterocycles. The average molecular weight is 182 g/mol. The minimum absolute atomic E-state index is 0.587. The van der Waals surface area contributed by atoms with Crippen molar-refractivity contribution in [3.8, 4) is 0 Å². The summed E-state index contributed by atoms with van der Waals surface area (Å²) in [7, 11) is -1.68. The number of urea groups is 1. The van der Waals surface area contributed by atoms with Crippen LogP contribution in [-0.4, -0.2) is 6.03 Å². The van der Waals surface area contributed by atoms with E-state index in [1.54, 1.807) is 18.2 Å². The number of hydrogen-bond donors (Lipinski definition) is 2. The maximum absolute atomic E-state index is 11.1. The third kappa shape index (κ3) is 1.01. The highest BCUT2D eigenvalue weighted by molar-refractivity contribution is 7.73. The maximum atomic E-state index is 11.1. The number of rotatable bonds is 1. The SMILES string of the molecule is NC(=O)Nc1cccc2c1[PH]2=O. The molecule has 1 aromatic carbocycles. The lowest BCUT2D eigenvalue weighted by Gasteiger charge is -1.97. The van der Waals surface area contributed by atoms with Crippen molar-refractivity contribution in [2.75, 3.05) is 5.32 Å². The molecule has 1 aromatic rings. The van der Waals surface area contributed by atoms with E-state index in [0.29, 0.717) is 5.69 Å². The molecule has 12 heavy (non-hydrogen) atoms. The lowest BCUT2D eigenvalue weighted by molar-refractivity contribution is 0.259. The van der Waals surface area contributed by atoms with Crippen molar-refractivity contribution >= 4 is 30.1 Å². The summed E-state index contributed by atoms with van der Waals surface area (Å²) in [6, 6.07) is 4.62. The van der Waals surface area contributed by atoms with Crippen LogP contribution in [0, 0.1) is 0 Å². The van der Waals surface area contributed by atoms with Gasteiger partial charge >= 0.3 is 6.03 Å². The summed E-state index contributed by atoms with van der Waals surface area (Å²) in [5.74, 6) is 0. The standard InChI is InChI=1S/C7H7N2O2P/c8-7(10)9-4-2-1-3-5-6(4)12(5)11/h1-3,12H,(H3,8,9,10). The van der Waals surface area contributed by atoms with Gasteiger partial charge in [0.1, 0.15) is 7.80 Å². The number of nitrogens with one attached hydrogen (secondary N) is 1. The van der Waals surface area contributed by atoms with E-state index in [1.165, 1.54) is 0 Å². The summed E-state index contributed by atoms with van der Waals surface area (Å²) in [4.78, 5) is 10.5. The Bertz CT molecular complexity index is 389. The molecule has 5 heteroatoms. The fourth-order valence-electron chi connectivity index (χ4n) is 1.17. The van der Waals surface area contributed by atoms with Crippen LogP contribution < -0.4 is 21.7 Å².